The van der Waals surface area contributed by atoms with Gasteiger partial charge in [-0.05, 0) is 18.9 Å². The molecule has 1 aromatic carbocycles. The third kappa shape index (κ3) is 4.23. The first-order valence-electron chi connectivity index (χ1n) is 7.29. The molecule has 0 fully saturated rings. The van der Waals surface area contributed by atoms with Gasteiger partial charge in [-0.15, -0.1) is 0 Å². The fourth-order valence-corrected chi connectivity index (χ4v) is 2.49. The zero-order valence-corrected chi connectivity index (χ0v) is 12.8. The Morgan fingerprint density at radius 1 is 1.30 bits per heavy atom. The molecule has 0 heterocycles. The first kappa shape index (κ1) is 16.5. The topological polar surface area (TPSA) is 55.6 Å². The molecule has 0 radical (unpaired) electrons. The van der Waals surface area contributed by atoms with Gasteiger partial charge in [0, 0.05) is 24.7 Å². The first-order valence-corrected chi connectivity index (χ1v) is 7.29. The predicted molar refractivity (Wildman–Crippen MR) is 81.8 cm³/mol. The summed E-state index contributed by atoms with van der Waals surface area (Å²) in [5.74, 6) is 0.881. The van der Waals surface area contributed by atoms with E-state index in [4.69, 9.17) is 10.5 Å². The van der Waals surface area contributed by atoms with Crippen molar-refractivity contribution >= 4 is 5.91 Å². The van der Waals surface area contributed by atoms with E-state index in [9.17, 15) is 4.79 Å². The predicted octanol–water partition coefficient (Wildman–Crippen LogP) is 2.21. The van der Waals surface area contributed by atoms with E-state index in [0.717, 1.165) is 24.2 Å². The fourth-order valence-electron chi connectivity index (χ4n) is 2.49. The third-order valence-corrected chi connectivity index (χ3v) is 3.61. The van der Waals surface area contributed by atoms with Crippen molar-refractivity contribution in [1.82, 2.24) is 4.90 Å². The molecule has 20 heavy (non-hydrogen) atoms. The van der Waals surface area contributed by atoms with Crippen LogP contribution >= 0.6 is 0 Å². The maximum atomic E-state index is 12.5. The number of methoxy groups -OCH3 is 1. The summed E-state index contributed by atoms with van der Waals surface area (Å²) in [6.07, 6.45) is 2.27. The number of nitrogens with two attached hydrogens (primary N) is 1. The summed E-state index contributed by atoms with van der Waals surface area (Å²) in [6.45, 7) is 5.32. The highest BCUT2D eigenvalue weighted by atomic mass is 16.5. The van der Waals surface area contributed by atoms with Crippen molar-refractivity contribution in [3.05, 3.63) is 29.8 Å². The second kappa shape index (κ2) is 8.59. The highest BCUT2D eigenvalue weighted by molar-refractivity contribution is 5.79. The molecular formula is C16H26N2O2. The van der Waals surface area contributed by atoms with E-state index in [-0.39, 0.29) is 11.9 Å². The van der Waals surface area contributed by atoms with Gasteiger partial charge >= 0.3 is 0 Å². The van der Waals surface area contributed by atoms with Crippen LogP contribution in [0.5, 0.6) is 5.75 Å². The molecular weight excluding hydrogens is 252 g/mol. The highest BCUT2D eigenvalue weighted by Gasteiger charge is 2.21. The number of hydrogen-bond acceptors (Lipinski definition) is 3. The molecule has 1 amide bonds. The minimum Gasteiger partial charge on any atom is -0.496 e. The summed E-state index contributed by atoms with van der Waals surface area (Å²) in [5.41, 5.74) is 6.57. The smallest absolute Gasteiger partial charge is 0.227 e. The molecule has 4 nitrogen and oxygen atoms in total. The Balaban J connectivity index is 2.85. The van der Waals surface area contributed by atoms with Gasteiger partial charge in [-0.3, -0.25) is 4.79 Å². The summed E-state index contributed by atoms with van der Waals surface area (Å²) in [5, 5.41) is 0. The van der Waals surface area contributed by atoms with Crippen LogP contribution in [0.4, 0.5) is 0 Å². The van der Waals surface area contributed by atoms with Gasteiger partial charge in [0.15, 0.2) is 0 Å². The molecule has 0 bridgehead atoms. The molecule has 0 unspecified atom stereocenters. The highest BCUT2D eigenvalue weighted by Crippen LogP contribution is 2.19. The van der Waals surface area contributed by atoms with Gasteiger partial charge in [0.2, 0.25) is 5.91 Å². The fraction of sp³-hybridized carbons (Fsp3) is 0.562. The molecule has 1 rings (SSSR count). The Morgan fingerprint density at radius 2 is 1.95 bits per heavy atom. The monoisotopic (exact) mass is 278 g/mol. The normalized spacial score (nSPS) is 10.7. The van der Waals surface area contributed by atoms with E-state index >= 15 is 0 Å². The number of amides is 1. The lowest BCUT2D eigenvalue weighted by molar-refractivity contribution is -0.132. The maximum absolute atomic E-state index is 12.5. The number of carbonyl (C=O) groups is 1. The largest absolute Gasteiger partial charge is 0.496 e. The molecule has 0 saturated heterocycles. The van der Waals surface area contributed by atoms with Crippen molar-refractivity contribution < 1.29 is 9.53 Å². The Bertz CT molecular complexity index is 417. The molecule has 0 aromatic heterocycles. The lowest BCUT2D eigenvalue weighted by atomic mass is 10.1. The minimum atomic E-state index is 0.119. The summed E-state index contributed by atoms with van der Waals surface area (Å²) in [4.78, 5) is 14.5. The Kier molecular flexibility index (Phi) is 7.09. The third-order valence-electron chi connectivity index (χ3n) is 3.61. The number of ether oxygens (including phenoxy) is 1. The van der Waals surface area contributed by atoms with Crippen LogP contribution in [-0.4, -0.2) is 37.0 Å². The number of benzene rings is 1. The molecule has 0 aliphatic heterocycles. The lowest BCUT2D eigenvalue weighted by Gasteiger charge is -2.30. The molecule has 0 aliphatic rings. The maximum Gasteiger partial charge on any atom is 0.227 e. The van der Waals surface area contributed by atoms with Crippen molar-refractivity contribution in [3.63, 3.8) is 0 Å². The van der Waals surface area contributed by atoms with Crippen molar-refractivity contribution in [2.75, 3.05) is 20.2 Å². The van der Waals surface area contributed by atoms with Gasteiger partial charge < -0.3 is 15.4 Å². The number of rotatable bonds is 8. The summed E-state index contributed by atoms with van der Waals surface area (Å²) >= 11 is 0. The van der Waals surface area contributed by atoms with Gasteiger partial charge in [0.05, 0.1) is 13.5 Å². The van der Waals surface area contributed by atoms with Crippen LogP contribution in [0.2, 0.25) is 0 Å². The van der Waals surface area contributed by atoms with Crippen LogP contribution in [0, 0.1) is 0 Å². The zero-order valence-electron chi connectivity index (χ0n) is 12.8. The van der Waals surface area contributed by atoms with Crippen molar-refractivity contribution in [3.8, 4) is 5.75 Å². The van der Waals surface area contributed by atoms with Crippen molar-refractivity contribution in [2.24, 2.45) is 5.73 Å². The Hall–Kier alpha value is -1.55. The molecule has 1 aromatic rings. The van der Waals surface area contributed by atoms with E-state index in [1.54, 1.807) is 7.11 Å². The van der Waals surface area contributed by atoms with E-state index < -0.39 is 0 Å². The zero-order chi connectivity index (χ0) is 15.0. The van der Waals surface area contributed by atoms with E-state index in [1.807, 2.05) is 29.2 Å². The Labute approximate surface area is 121 Å². The molecule has 112 valence electrons. The summed E-state index contributed by atoms with van der Waals surface area (Å²) in [7, 11) is 1.63. The number of nitrogens with zero attached hydrogens (tertiary/aromatic N) is 1. The number of para-hydroxylation sites is 1. The van der Waals surface area contributed by atoms with E-state index in [0.29, 0.717) is 19.5 Å². The van der Waals surface area contributed by atoms with Crippen LogP contribution < -0.4 is 10.5 Å². The minimum absolute atomic E-state index is 0.119. The molecule has 0 aliphatic carbocycles. The van der Waals surface area contributed by atoms with Crippen LogP contribution in [0.15, 0.2) is 24.3 Å². The number of carbonyl (C=O) groups excluding carboxylic acids is 1. The van der Waals surface area contributed by atoms with E-state index in [1.165, 1.54) is 0 Å². The van der Waals surface area contributed by atoms with Crippen LogP contribution in [0.3, 0.4) is 0 Å². The SMILES string of the molecule is CCC(CC)N(CCN)C(=O)Cc1ccccc1OC. The van der Waals surface area contributed by atoms with Gasteiger partial charge in [-0.2, -0.15) is 0 Å². The van der Waals surface area contributed by atoms with Crippen molar-refractivity contribution in [2.45, 2.75) is 39.2 Å². The molecule has 0 spiro atoms. The summed E-state index contributed by atoms with van der Waals surface area (Å²) < 4.78 is 5.30. The number of hydrogen-bond donors (Lipinski definition) is 1. The van der Waals surface area contributed by atoms with Crippen LogP contribution in [-0.2, 0) is 11.2 Å². The van der Waals surface area contributed by atoms with Gasteiger partial charge in [0.25, 0.3) is 0 Å². The second-order valence-corrected chi connectivity index (χ2v) is 4.83. The van der Waals surface area contributed by atoms with Gasteiger partial charge in [0.1, 0.15) is 5.75 Å². The summed E-state index contributed by atoms with van der Waals surface area (Å²) in [6, 6.07) is 7.92. The standard InChI is InChI=1S/C16H26N2O2/c1-4-14(5-2)18(11-10-17)16(19)12-13-8-6-7-9-15(13)20-3/h6-9,14H,4-5,10-12,17H2,1-3H3. The first-order chi connectivity index (χ1) is 9.67. The lowest BCUT2D eigenvalue weighted by Crippen LogP contribution is -2.43. The quantitative estimate of drug-likeness (QED) is 0.793. The van der Waals surface area contributed by atoms with Crippen LogP contribution in [0.25, 0.3) is 0 Å². The average Bonchev–Trinajstić information content (AvgIpc) is 2.48. The molecule has 4 heteroatoms. The van der Waals surface area contributed by atoms with Gasteiger partial charge in [-0.25, -0.2) is 0 Å². The second-order valence-electron chi connectivity index (χ2n) is 4.83. The van der Waals surface area contributed by atoms with Crippen molar-refractivity contribution in [1.29, 1.82) is 0 Å². The Morgan fingerprint density at radius 3 is 2.50 bits per heavy atom. The van der Waals surface area contributed by atoms with Crippen LogP contribution in [0.1, 0.15) is 32.3 Å². The molecule has 0 saturated carbocycles. The van der Waals surface area contributed by atoms with E-state index in [2.05, 4.69) is 13.8 Å². The molecule has 0 atom stereocenters. The van der Waals surface area contributed by atoms with Gasteiger partial charge in [-0.1, -0.05) is 32.0 Å². The average molecular weight is 278 g/mol. The molecule has 2 N–H and O–H groups in total.